The van der Waals surface area contributed by atoms with Crippen LogP contribution in [0.3, 0.4) is 0 Å². The molecule has 1 unspecified atom stereocenters. The molecule has 0 aliphatic heterocycles. The van der Waals surface area contributed by atoms with Crippen molar-refractivity contribution in [3.63, 3.8) is 0 Å². The number of nitrogens with zero attached hydrogens (tertiary/aromatic N) is 1. The Hall–Kier alpha value is -0.810. The van der Waals surface area contributed by atoms with Crippen LogP contribution in [-0.4, -0.2) is 15.8 Å². The van der Waals surface area contributed by atoms with Crippen LogP contribution < -0.4 is 11.2 Å². The van der Waals surface area contributed by atoms with Gasteiger partial charge < -0.3 is 15.4 Å². The highest BCUT2D eigenvalue weighted by molar-refractivity contribution is 9.10. The van der Waals surface area contributed by atoms with Gasteiger partial charge in [0.15, 0.2) is 0 Å². The van der Waals surface area contributed by atoms with E-state index in [1.807, 2.05) is 4.57 Å². The second kappa shape index (κ2) is 5.32. The Balaban J connectivity index is 2.67. The number of halogens is 1. The Bertz CT molecular complexity index is 361. The van der Waals surface area contributed by atoms with E-state index in [1.54, 1.807) is 19.3 Å². The first kappa shape index (κ1) is 12.3. The van der Waals surface area contributed by atoms with E-state index in [1.165, 1.54) is 0 Å². The summed E-state index contributed by atoms with van der Waals surface area (Å²) in [4.78, 5) is 11.3. The van der Waals surface area contributed by atoms with Crippen molar-refractivity contribution in [2.75, 3.05) is 5.73 Å². The van der Waals surface area contributed by atoms with Crippen LogP contribution in [0.4, 0.5) is 5.69 Å². The van der Waals surface area contributed by atoms with E-state index in [4.69, 9.17) is 10.8 Å². The quantitative estimate of drug-likeness (QED) is 0.871. The number of aromatic nitrogens is 1. The zero-order valence-electron chi connectivity index (χ0n) is 8.61. The zero-order chi connectivity index (χ0) is 11.4. The van der Waals surface area contributed by atoms with Gasteiger partial charge >= 0.3 is 0 Å². The van der Waals surface area contributed by atoms with Crippen molar-refractivity contribution in [3.05, 3.63) is 27.1 Å². The van der Waals surface area contributed by atoms with Crippen molar-refractivity contribution in [2.45, 2.75) is 32.4 Å². The fourth-order valence-electron chi connectivity index (χ4n) is 1.32. The second-order valence-corrected chi connectivity index (χ2v) is 4.47. The highest BCUT2D eigenvalue weighted by Crippen LogP contribution is 2.08. The van der Waals surface area contributed by atoms with E-state index < -0.39 is 0 Å². The van der Waals surface area contributed by atoms with Gasteiger partial charge in [-0.3, -0.25) is 4.79 Å². The Labute approximate surface area is 96.8 Å². The number of pyridine rings is 1. The molecule has 4 nitrogen and oxygen atoms in total. The molecule has 1 rings (SSSR count). The van der Waals surface area contributed by atoms with Crippen LogP contribution >= 0.6 is 15.9 Å². The molecule has 1 atom stereocenters. The van der Waals surface area contributed by atoms with E-state index in [0.717, 1.165) is 19.4 Å². The molecular weight excluding hydrogens is 260 g/mol. The van der Waals surface area contributed by atoms with Gasteiger partial charge in [-0.15, -0.1) is 0 Å². The molecule has 3 N–H and O–H groups in total. The normalized spacial score (nSPS) is 12.7. The van der Waals surface area contributed by atoms with Gasteiger partial charge in [-0.2, -0.15) is 0 Å². The SMILES string of the molecule is CC(O)CCCn1cc(N)c(=O)c(Br)c1. The number of aliphatic hydroxyl groups is 1. The van der Waals surface area contributed by atoms with Crippen molar-refractivity contribution in [3.8, 4) is 0 Å². The summed E-state index contributed by atoms with van der Waals surface area (Å²) in [7, 11) is 0. The smallest absolute Gasteiger partial charge is 0.218 e. The lowest BCUT2D eigenvalue weighted by molar-refractivity contribution is 0.179. The average Bonchev–Trinajstić information content (AvgIpc) is 2.13. The summed E-state index contributed by atoms with van der Waals surface area (Å²) in [5, 5.41) is 9.09. The molecule has 0 amide bonds. The molecular formula is C10H15BrN2O2. The number of aliphatic hydroxyl groups excluding tert-OH is 1. The molecule has 1 heterocycles. The van der Waals surface area contributed by atoms with Gasteiger partial charge in [0.2, 0.25) is 5.43 Å². The third kappa shape index (κ3) is 3.68. The minimum absolute atomic E-state index is 0.179. The lowest BCUT2D eigenvalue weighted by Crippen LogP contribution is -2.13. The van der Waals surface area contributed by atoms with Crippen LogP contribution in [0.5, 0.6) is 0 Å². The first-order valence-electron chi connectivity index (χ1n) is 4.84. The second-order valence-electron chi connectivity index (χ2n) is 3.62. The van der Waals surface area contributed by atoms with Crippen LogP contribution in [0.1, 0.15) is 19.8 Å². The summed E-state index contributed by atoms with van der Waals surface area (Å²) < 4.78 is 2.32. The Kier molecular flexibility index (Phi) is 4.35. The van der Waals surface area contributed by atoms with E-state index in [-0.39, 0.29) is 17.2 Å². The van der Waals surface area contributed by atoms with Gasteiger partial charge in [0.25, 0.3) is 0 Å². The average molecular weight is 275 g/mol. The molecule has 0 aliphatic rings. The summed E-state index contributed by atoms with van der Waals surface area (Å²) in [5.74, 6) is 0. The Morgan fingerprint density at radius 3 is 2.80 bits per heavy atom. The Morgan fingerprint density at radius 1 is 1.60 bits per heavy atom. The van der Waals surface area contributed by atoms with Crippen molar-refractivity contribution in [2.24, 2.45) is 0 Å². The Morgan fingerprint density at radius 2 is 2.27 bits per heavy atom. The van der Waals surface area contributed by atoms with Crippen LogP contribution in [0, 0.1) is 0 Å². The zero-order valence-corrected chi connectivity index (χ0v) is 10.2. The van der Waals surface area contributed by atoms with Gasteiger partial charge in [-0.25, -0.2) is 0 Å². The highest BCUT2D eigenvalue weighted by atomic mass is 79.9. The number of anilines is 1. The molecule has 0 fully saturated rings. The molecule has 0 bridgehead atoms. The van der Waals surface area contributed by atoms with Crippen LogP contribution in [0.25, 0.3) is 0 Å². The van der Waals surface area contributed by atoms with Gasteiger partial charge in [-0.05, 0) is 35.7 Å². The molecule has 0 aliphatic carbocycles. The number of nitrogens with two attached hydrogens (primary N) is 1. The standard InChI is InChI=1S/C10H15BrN2O2/c1-7(14)3-2-4-13-5-8(11)10(15)9(12)6-13/h5-7,14H,2-4,12H2,1H3. The topological polar surface area (TPSA) is 68.2 Å². The van der Waals surface area contributed by atoms with E-state index in [0.29, 0.717) is 4.47 Å². The summed E-state index contributed by atoms with van der Waals surface area (Å²) in [6.45, 7) is 2.50. The van der Waals surface area contributed by atoms with Crippen molar-refractivity contribution in [1.82, 2.24) is 4.57 Å². The van der Waals surface area contributed by atoms with Gasteiger partial charge in [0, 0.05) is 18.9 Å². The first-order chi connectivity index (χ1) is 7.00. The molecule has 0 saturated heterocycles. The van der Waals surface area contributed by atoms with Crippen LogP contribution in [0.2, 0.25) is 0 Å². The maximum Gasteiger partial charge on any atom is 0.218 e. The highest BCUT2D eigenvalue weighted by Gasteiger charge is 2.02. The van der Waals surface area contributed by atoms with Gasteiger partial charge in [0.1, 0.15) is 0 Å². The minimum Gasteiger partial charge on any atom is -0.394 e. The maximum atomic E-state index is 11.3. The van der Waals surface area contributed by atoms with Crippen molar-refractivity contribution < 1.29 is 5.11 Å². The number of rotatable bonds is 4. The third-order valence-corrected chi connectivity index (χ3v) is 2.67. The van der Waals surface area contributed by atoms with Gasteiger partial charge in [-0.1, -0.05) is 0 Å². The lowest BCUT2D eigenvalue weighted by atomic mass is 10.2. The molecule has 0 aromatic carbocycles. The molecule has 5 heteroatoms. The maximum absolute atomic E-state index is 11.3. The lowest BCUT2D eigenvalue weighted by Gasteiger charge is -2.09. The molecule has 84 valence electrons. The predicted molar refractivity (Wildman–Crippen MR) is 63.7 cm³/mol. The third-order valence-electron chi connectivity index (χ3n) is 2.10. The fraction of sp³-hybridized carbons (Fsp3) is 0.500. The number of nitrogen functional groups attached to an aromatic ring is 1. The molecule has 1 aromatic rings. The number of hydrogen-bond donors (Lipinski definition) is 2. The van der Waals surface area contributed by atoms with Crippen LogP contribution in [-0.2, 0) is 6.54 Å². The summed E-state index contributed by atoms with van der Waals surface area (Å²) in [6, 6.07) is 0. The monoisotopic (exact) mass is 274 g/mol. The number of aryl methyl sites for hydroxylation is 1. The fourth-order valence-corrected chi connectivity index (χ4v) is 1.81. The molecule has 0 radical (unpaired) electrons. The summed E-state index contributed by atoms with van der Waals surface area (Å²) in [5.41, 5.74) is 5.60. The van der Waals surface area contributed by atoms with E-state index in [9.17, 15) is 4.79 Å². The first-order valence-corrected chi connectivity index (χ1v) is 5.63. The van der Waals surface area contributed by atoms with Crippen LogP contribution in [0.15, 0.2) is 21.7 Å². The van der Waals surface area contributed by atoms with Crippen molar-refractivity contribution in [1.29, 1.82) is 0 Å². The van der Waals surface area contributed by atoms with Gasteiger partial charge in [0.05, 0.1) is 16.3 Å². The molecule has 15 heavy (non-hydrogen) atoms. The molecule has 1 aromatic heterocycles. The summed E-state index contributed by atoms with van der Waals surface area (Å²) in [6.07, 6.45) is 4.64. The molecule has 0 saturated carbocycles. The molecule has 0 spiro atoms. The number of hydrogen-bond acceptors (Lipinski definition) is 3. The summed E-state index contributed by atoms with van der Waals surface area (Å²) >= 11 is 3.15. The van der Waals surface area contributed by atoms with E-state index in [2.05, 4.69) is 15.9 Å². The van der Waals surface area contributed by atoms with E-state index >= 15 is 0 Å². The predicted octanol–water partition coefficient (Wildman–Crippen LogP) is 1.35. The largest absolute Gasteiger partial charge is 0.394 e. The van der Waals surface area contributed by atoms with Crippen molar-refractivity contribution >= 4 is 21.6 Å². The minimum atomic E-state index is -0.287.